The highest BCUT2D eigenvalue weighted by Gasteiger charge is 2.53. The number of hydrogen-bond donors (Lipinski definition) is 1. The number of fused-ring (bicyclic) bond motifs is 1. The molecule has 0 bridgehead atoms. The van der Waals surface area contributed by atoms with E-state index < -0.39 is 6.09 Å². The quantitative estimate of drug-likeness (QED) is 0.596. The van der Waals surface area contributed by atoms with Crippen LogP contribution in [-0.4, -0.2) is 11.2 Å². The van der Waals surface area contributed by atoms with Gasteiger partial charge in [0.2, 0.25) is 0 Å². The van der Waals surface area contributed by atoms with Crippen LogP contribution in [0, 0.1) is 12.3 Å². The van der Waals surface area contributed by atoms with Crippen molar-refractivity contribution >= 4 is 33.8 Å². The number of quaternary nitrogens is 1. The van der Waals surface area contributed by atoms with Gasteiger partial charge in [-0.15, -0.1) is 0 Å². The molecule has 3 rings (SSSR count). The zero-order valence-corrected chi connectivity index (χ0v) is 16.6. The minimum atomic E-state index is -0.841. The van der Waals surface area contributed by atoms with Crippen LogP contribution >= 0.6 is 15.9 Å². The highest BCUT2D eigenvalue weighted by atomic mass is 79.9. The van der Waals surface area contributed by atoms with Gasteiger partial charge in [-0.3, -0.25) is 0 Å². The fourth-order valence-electron chi connectivity index (χ4n) is 3.62. The van der Waals surface area contributed by atoms with E-state index in [9.17, 15) is 9.90 Å². The van der Waals surface area contributed by atoms with Crippen molar-refractivity contribution in [1.29, 1.82) is 0 Å². The lowest BCUT2D eigenvalue weighted by molar-refractivity contribution is 0.149. The molecule has 1 heterocycles. The van der Waals surface area contributed by atoms with Crippen molar-refractivity contribution in [3.63, 3.8) is 0 Å². The molecule has 2 aromatic rings. The molecule has 2 aromatic carbocycles. The monoisotopic (exact) mass is 400 g/mol. The normalized spacial score (nSPS) is 19.5. The minimum absolute atomic E-state index is 0.166. The maximum absolute atomic E-state index is 12.6. The second-order valence-electron chi connectivity index (χ2n) is 7.72. The number of carboxylic acid groups (broad SMARTS) is 1. The number of hydrogen-bond acceptors (Lipinski definition) is 1. The van der Waals surface area contributed by atoms with Crippen LogP contribution in [0.15, 0.2) is 52.6 Å². The predicted octanol–water partition coefficient (Wildman–Crippen LogP) is 6.34. The maximum atomic E-state index is 12.6. The first kappa shape index (κ1) is 17.9. The van der Waals surface area contributed by atoms with Gasteiger partial charge in [0.25, 0.3) is 0 Å². The van der Waals surface area contributed by atoms with E-state index in [4.69, 9.17) is 0 Å². The molecule has 0 spiro atoms. The van der Waals surface area contributed by atoms with E-state index in [0.29, 0.717) is 6.54 Å². The number of carbonyl (C=O) groups is 1. The average molecular weight is 401 g/mol. The van der Waals surface area contributed by atoms with Gasteiger partial charge in [0.05, 0.1) is 0 Å². The first-order valence-electron chi connectivity index (χ1n) is 8.34. The summed E-state index contributed by atoms with van der Waals surface area (Å²) in [4.78, 5) is 12.6. The summed E-state index contributed by atoms with van der Waals surface area (Å²) in [5.74, 6) is 0. The van der Waals surface area contributed by atoms with E-state index in [1.54, 1.807) is 0 Å². The standard InChI is InChI=1S/C21H22BrNO2/c1-14-5-10-18-16(11-14)12-19(21(2,3)4)23(18,20(24)25)13-15-6-8-17(22)9-7-15/h5-12H,13H2,1-4H3/p+1. The third-order valence-electron chi connectivity index (χ3n) is 4.73. The molecule has 4 heteroatoms. The van der Waals surface area contributed by atoms with Crippen molar-refractivity contribution < 1.29 is 9.90 Å². The number of halogens is 1. The van der Waals surface area contributed by atoms with Crippen LogP contribution in [0.4, 0.5) is 10.5 Å². The van der Waals surface area contributed by atoms with Crippen LogP contribution in [0.2, 0.25) is 0 Å². The highest BCUT2D eigenvalue weighted by molar-refractivity contribution is 9.10. The largest absolute Gasteiger partial charge is 0.524 e. The fourth-order valence-corrected chi connectivity index (χ4v) is 3.89. The molecule has 1 N–H and O–H groups in total. The van der Waals surface area contributed by atoms with E-state index in [-0.39, 0.29) is 9.90 Å². The van der Waals surface area contributed by atoms with Crippen molar-refractivity contribution in [2.75, 3.05) is 0 Å². The van der Waals surface area contributed by atoms with Gasteiger partial charge < -0.3 is 5.11 Å². The SMILES string of the molecule is Cc1ccc2c(c1)C=C(C(C)(C)C)[N+]2(Cc1ccc(Br)cc1)C(=O)O. The van der Waals surface area contributed by atoms with Crippen molar-refractivity contribution in [1.82, 2.24) is 4.48 Å². The zero-order chi connectivity index (χ0) is 18.4. The number of amides is 1. The smallest absolute Gasteiger partial charge is 0.435 e. The first-order chi connectivity index (χ1) is 11.6. The van der Waals surface area contributed by atoms with Gasteiger partial charge in [-0.2, -0.15) is 9.28 Å². The Labute approximate surface area is 157 Å². The number of aryl methyl sites for hydroxylation is 1. The average Bonchev–Trinajstić information content (AvgIpc) is 2.84. The Kier molecular flexibility index (Phi) is 4.38. The summed E-state index contributed by atoms with van der Waals surface area (Å²) in [6, 6.07) is 13.9. The molecule has 1 atom stereocenters. The lowest BCUT2D eigenvalue weighted by atomic mass is 9.89. The van der Waals surface area contributed by atoms with Gasteiger partial charge in [-0.1, -0.05) is 60.5 Å². The predicted molar refractivity (Wildman–Crippen MR) is 106 cm³/mol. The van der Waals surface area contributed by atoms with Crippen LogP contribution < -0.4 is 4.48 Å². The number of allylic oxidation sites excluding steroid dienone is 1. The molecule has 0 aliphatic carbocycles. The van der Waals surface area contributed by atoms with Crippen LogP contribution in [0.25, 0.3) is 6.08 Å². The Morgan fingerprint density at radius 3 is 2.32 bits per heavy atom. The third-order valence-corrected chi connectivity index (χ3v) is 5.25. The summed E-state index contributed by atoms with van der Waals surface area (Å²) in [5, 5.41) is 10.4. The van der Waals surface area contributed by atoms with Gasteiger partial charge in [-0.25, -0.2) is 0 Å². The molecule has 0 saturated carbocycles. The molecule has 3 nitrogen and oxygen atoms in total. The molecule has 0 fully saturated rings. The number of benzene rings is 2. The highest BCUT2D eigenvalue weighted by Crippen LogP contribution is 2.49. The van der Waals surface area contributed by atoms with Gasteiger partial charge >= 0.3 is 6.09 Å². The second-order valence-corrected chi connectivity index (χ2v) is 8.63. The zero-order valence-electron chi connectivity index (χ0n) is 15.0. The van der Waals surface area contributed by atoms with Crippen molar-refractivity contribution in [3.8, 4) is 0 Å². The maximum Gasteiger partial charge on any atom is 0.524 e. The topological polar surface area (TPSA) is 37.3 Å². The molecule has 1 unspecified atom stereocenters. The summed E-state index contributed by atoms with van der Waals surface area (Å²) in [5.41, 5.74) is 4.62. The van der Waals surface area contributed by atoms with E-state index in [0.717, 1.165) is 32.5 Å². The summed E-state index contributed by atoms with van der Waals surface area (Å²) in [6.07, 6.45) is 1.22. The minimum Gasteiger partial charge on any atom is -0.435 e. The van der Waals surface area contributed by atoms with E-state index in [1.807, 2.05) is 43.3 Å². The molecule has 25 heavy (non-hydrogen) atoms. The van der Waals surface area contributed by atoms with E-state index in [1.165, 1.54) is 0 Å². The Bertz CT molecular complexity index is 862. The van der Waals surface area contributed by atoms with Crippen LogP contribution in [-0.2, 0) is 6.54 Å². The van der Waals surface area contributed by atoms with Crippen molar-refractivity contribution in [2.24, 2.45) is 5.41 Å². The molecule has 1 amide bonds. The second kappa shape index (κ2) is 6.11. The molecular formula is C21H23BrNO2+. The molecule has 0 radical (unpaired) electrons. The number of rotatable bonds is 2. The lowest BCUT2D eigenvalue weighted by Crippen LogP contribution is -2.53. The molecule has 1 aliphatic rings. The van der Waals surface area contributed by atoms with Gasteiger partial charge in [-0.05, 0) is 25.1 Å². The van der Waals surface area contributed by atoms with Crippen molar-refractivity contribution in [3.05, 3.63) is 69.3 Å². The molecule has 130 valence electrons. The van der Waals surface area contributed by atoms with E-state index in [2.05, 4.69) is 48.8 Å². The van der Waals surface area contributed by atoms with Crippen LogP contribution in [0.3, 0.4) is 0 Å². The summed E-state index contributed by atoms with van der Waals surface area (Å²) >= 11 is 3.45. The first-order valence-corrected chi connectivity index (χ1v) is 9.14. The molecule has 0 saturated heterocycles. The van der Waals surface area contributed by atoms with Crippen molar-refractivity contribution in [2.45, 2.75) is 34.2 Å². The summed E-state index contributed by atoms with van der Waals surface area (Å²) in [7, 11) is 0. The van der Waals surface area contributed by atoms with Gasteiger partial charge in [0, 0.05) is 33.2 Å². The number of nitrogens with zero attached hydrogens (tertiary/aromatic N) is 1. The van der Waals surface area contributed by atoms with Crippen LogP contribution in [0.1, 0.15) is 37.5 Å². The van der Waals surface area contributed by atoms with Gasteiger partial charge in [0.1, 0.15) is 12.2 Å². The fraction of sp³-hybridized carbons (Fsp3) is 0.286. The molecule has 1 aliphatic heterocycles. The Hall–Kier alpha value is -1.91. The molecular weight excluding hydrogens is 378 g/mol. The summed E-state index contributed by atoms with van der Waals surface area (Å²) < 4.78 is 0.822. The lowest BCUT2D eigenvalue weighted by Gasteiger charge is -2.36. The molecule has 0 aromatic heterocycles. The Balaban J connectivity index is 2.23. The van der Waals surface area contributed by atoms with Crippen LogP contribution in [0.5, 0.6) is 0 Å². The van der Waals surface area contributed by atoms with E-state index >= 15 is 0 Å². The Morgan fingerprint density at radius 2 is 1.76 bits per heavy atom. The summed E-state index contributed by atoms with van der Waals surface area (Å²) in [6.45, 7) is 8.66. The Morgan fingerprint density at radius 1 is 1.12 bits per heavy atom. The van der Waals surface area contributed by atoms with Gasteiger partial charge in [0.15, 0.2) is 5.69 Å². The third kappa shape index (κ3) is 3.05.